The Morgan fingerprint density at radius 2 is 1.83 bits per heavy atom. The van der Waals surface area contributed by atoms with Crippen LogP contribution in [-0.2, 0) is 0 Å². The van der Waals surface area contributed by atoms with Crippen molar-refractivity contribution in [3.8, 4) is 0 Å². The van der Waals surface area contributed by atoms with Gasteiger partial charge in [-0.3, -0.25) is 9.78 Å². The van der Waals surface area contributed by atoms with Gasteiger partial charge in [-0.25, -0.2) is 0 Å². The van der Waals surface area contributed by atoms with Gasteiger partial charge in [0.1, 0.15) is 11.5 Å². The fourth-order valence-corrected chi connectivity index (χ4v) is 2.04. The van der Waals surface area contributed by atoms with Gasteiger partial charge in [0.15, 0.2) is 5.82 Å². The SMILES string of the molecule is Cc1ccc(NC(=O)c2cc(Nc3cc(C)on3)ccn2)cc1. The van der Waals surface area contributed by atoms with Crippen LogP contribution in [0, 0.1) is 13.8 Å². The summed E-state index contributed by atoms with van der Waals surface area (Å²) in [6.45, 7) is 3.80. The molecule has 2 heterocycles. The summed E-state index contributed by atoms with van der Waals surface area (Å²) >= 11 is 0. The number of nitrogens with zero attached hydrogens (tertiary/aromatic N) is 2. The number of aromatic nitrogens is 2. The number of carbonyl (C=O) groups is 1. The van der Waals surface area contributed by atoms with Crippen molar-refractivity contribution in [3.63, 3.8) is 0 Å². The Morgan fingerprint density at radius 3 is 2.52 bits per heavy atom. The molecule has 1 aromatic carbocycles. The first kappa shape index (κ1) is 14.8. The summed E-state index contributed by atoms with van der Waals surface area (Å²) in [5, 5.41) is 9.74. The number of nitrogens with one attached hydrogen (secondary N) is 2. The topological polar surface area (TPSA) is 80.0 Å². The van der Waals surface area contributed by atoms with Crippen molar-refractivity contribution in [1.29, 1.82) is 0 Å². The molecular formula is C17H16N4O2. The van der Waals surface area contributed by atoms with Gasteiger partial charge in [0.2, 0.25) is 0 Å². The average molecular weight is 308 g/mol. The van der Waals surface area contributed by atoms with Gasteiger partial charge in [0, 0.05) is 23.6 Å². The number of aryl methyl sites for hydroxylation is 2. The monoisotopic (exact) mass is 308 g/mol. The predicted octanol–water partition coefficient (Wildman–Crippen LogP) is 3.68. The van der Waals surface area contributed by atoms with E-state index in [2.05, 4.69) is 20.8 Å². The molecule has 1 amide bonds. The second-order valence-electron chi connectivity index (χ2n) is 5.20. The second-order valence-corrected chi connectivity index (χ2v) is 5.20. The lowest BCUT2D eigenvalue weighted by molar-refractivity contribution is 0.102. The molecule has 0 saturated heterocycles. The van der Waals surface area contributed by atoms with E-state index in [9.17, 15) is 4.79 Å². The van der Waals surface area contributed by atoms with Crippen molar-refractivity contribution in [3.05, 3.63) is 65.7 Å². The van der Waals surface area contributed by atoms with Gasteiger partial charge in [-0.1, -0.05) is 22.9 Å². The van der Waals surface area contributed by atoms with E-state index in [1.165, 1.54) is 0 Å². The quantitative estimate of drug-likeness (QED) is 0.768. The molecule has 0 aliphatic carbocycles. The Hall–Kier alpha value is -3.15. The van der Waals surface area contributed by atoms with Crippen molar-refractivity contribution in [2.45, 2.75) is 13.8 Å². The lowest BCUT2D eigenvalue weighted by atomic mass is 10.2. The fourth-order valence-electron chi connectivity index (χ4n) is 2.04. The standard InChI is InChI=1S/C17H16N4O2/c1-11-3-5-13(6-4-11)20-17(22)15-10-14(7-8-18-15)19-16-9-12(2)23-21-16/h3-10H,1-2H3,(H,20,22)(H,18,19,21). The first-order valence-electron chi connectivity index (χ1n) is 7.14. The molecule has 2 aromatic heterocycles. The molecule has 3 aromatic rings. The van der Waals surface area contributed by atoms with Gasteiger partial charge in [-0.15, -0.1) is 0 Å². The van der Waals surface area contributed by atoms with Crippen LogP contribution in [0.15, 0.2) is 53.2 Å². The van der Waals surface area contributed by atoms with Crippen molar-refractivity contribution >= 4 is 23.1 Å². The van der Waals surface area contributed by atoms with Crippen LogP contribution >= 0.6 is 0 Å². The molecule has 0 saturated carbocycles. The van der Waals surface area contributed by atoms with Crippen LogP contribution in [0.1, 0.15) is 21.8 Å². The first-order valence-corrected chi connectivity index (χ1v) is 7.14. The van der Waals surface area contributed by atoms with Gasteiger partial charge >= 0.3 is 0 Å². The molecular weight excluding hydrogens is 292 g/mol. The van der Waals surface area contributed by atoms with Crippen LogP contribution in [0.3, 0.4) is 0 Å². The van der Waals surface area contributed by atoms with Gasteiger partial charge in [-0.2, -0.15) is 0 Å². The fraction of sp³-hybridized carbons (Fsp3) is 0.118. The number of anilines is 3. The second kappa shape index (κ2) is 6.31. The molecule has 2 N–H and O–H groups in total. The molecule has 6 nitrogen and oxygen atoms in total. The zero-order valence-corrected chi connectivity index (χ0v) is 12.8. The minimum Gasteiger partial charge on any atom is -0.360 e. The summed E-state index contributed by atoms with van der Waals surface area (Å²) in [5.41, 5.74) is 2.89. The van der Waals surface area contributed by atoms with Gasteiger partial charge < -0.3 is 15.2 Å². The van der Waals surface area contributed by atoms with Crippen LogP contribution in [0.2, 0.25) is 0 Å². The van der Waals surface area contributed by atoms with Crippen molar-refractivity contribution < 1.29 is 9.32 Å². The maximum absolute atomic E-state index is 12.3. The minimum atomic E-state index is -0.270. The maximum Gasteiger partial charge on any atom is 0.274 e. The van der Waals surface area contributed by atoms with Crippen molar-refractivity contribution in [2.75, 3.05) is 10.6 Å². The zero-order chi connectivity index (χ0) is 16.2. The largest absolute Gasteiger partial charge is 0.360 e. The number of amides is 1. The van der Waals surface area contributed by atoms with Crippen LogP contribution in [0.4, 0.5) is 17.2 Å². The molecule has 0 aliphatic heterocycles. The predicted molar refractivity (Wildman–Crippen MR) is 87.9 cm³/mol. The highest BCUT2D eigenvalue weighted by Gasteiger charge is 2.09. The minimum absolute atomic E-state index is 0.270. The normalized spacial score (nSPS) is 10.3. The van der Waals surface area contributed by atoms with Gasteiger partial charge in [0.25, 0.3) is 5.91 Å². The third-order valence-corrected chi connectivity index (χ3v) is 3.20. The molecule has 116 valence electrons. The summed E-state index contributed by atoms with van der Waals surface area (Å²) in [6.07, 6.45) is 1.57. The molecule has 0 unspecified atom stereocenters. The van der Waals surface area contributed by atoms with E-state index in [0.717, 1.165) is 11.3 Å². The number of hydrogen-bond donors (Lipinski definition) is 2. The molecule has 23 heavy (non-hydrogen) atoms. The van der Waals surface area contributed by atoms with Crippen molar-refractivity contribution in [1.82, 2.24) is 10.1 Å². The molecule has 3 rings (SSSR count). The number of rotatable bonds is 4. The van der Waals surface area contributed by atoms with E-state index in [1.54, 1.807) is 24.4 Å². The van der Waals surface area contributed by atoms with Crippen LogP contribution in [-0.4, -0.2) is 16.0 Å². The van der Waals surface area contributed by atoms with Crippen LogP contribution in [0.25, 0.3) is 0 Å². The third-order valence-electron chi connectivity index (χ3n) is 3.20. The Labute approximate surface area is 133 Å². The molecule has 0 atom stereocenters. The lowest BCUT2D eigenvalue weighted by Crippen LogP contribution is -2.13. The summed E-state index contributed by atoms with van der Waals surface area (Å²) in [4.78, 5) is 16.4. The number of hydrogen-bond acceptors (Lipinski definition) is 5. The Balaban J connectivity index is 1.73. The lowest BCUT2D eigenvalue weighted by Gasteiger charge is -2.07. The van der Waals surface area contributed by atoms with E-state index < -0.39 is 0 Å². The Bertz CT molecular complexity index is 825. The zero-order valence-electron chi connectivity index (χ0n) is 12.8. The summed E-state index contributed by atoms with van der Waals surface area (Å²) in [7, 11) is 0. The van der Waals surface area contributed by atoms with Crippen LogP contribution in [0.5, 0.6) is 0 Å². The molecule has 0 bridgehead atoms. The van der Waals surface area contributed by atoms with Gasteiger partial charge in [0.05, 0.1) is 0 Å². The first-order chi connectivity index (χ1) is 11.1. The molecule has 0 fully saturated rings. The van der Waals surface area contributed by atoms with Crippen LogP contribution < -0.4 is 10.6 Å². The van der Waals surface area contributed by atoms with E-state index >= 15 is 0 Å². The Morgan fingerprint density at radius 1 is 1.04 bits per heavy atom. The highest BCUT2D eigenvalue weighted by atomic mass is 16.5. The third kappa shape index (κ3) is 3.74. The Kier molecular flexibility index (Phi) is 4.05. The summed E-state index contributed by atoms with van der Waals surface area (Å²) in [5.74, 6) is 1.02. The highest BCUT2D eigenvalue weighted by Crippen LogP contribution is 2.17. The maximum atomic E-state index is 12.3. The van der Waals surface area contributed by atoms with E-state index in [-0.39, 0.29) is 5.91 Å². The smallest absolute Gasteiger partial charge is 0.274 e. The van der Waals surface area contributed by atoms with E-state index in [0.29, 0.717) is 23.0 Å². The van der Waals surface area contributed by atoms with Gasteiger partial charge in [-0.05, 0) is 38.1 Å². The van der Waals surface area contributed by atoms with E-state index in [4.69, 9.17) is 4.52 Å². The number of pyridine rings is 1. The molecule has 0 radical (unpaired) electrons. The number of benzene rings is 1. The molecule has 6 heteroatoms. The summed E-state index contributed by atoms with van der Waals surface area (Å²) in [6, 6.07) is 12.8. The average Bonchev–Trinajstić information content (AvgIpc) is 2.95. The molecule has 0 aliphatic rings. The van der Waals surface area contributed by atoms with E-state index in [1.807, 2.05) is 38.1 Å². The highest BCUT2D eigenvalue weighted by molar-refractivity contribution is 6.03. The molecule has 0 spiro atoms. The summed E-state index contributed by atoms with van der Waals surface area (Å²) < 4.78 is 5.00. The number of carbonyl (C=O) groups excluding carboxylic acids is 1. The van der Waals surface area contributed by atoms with Crippen molar-refractivity contribution in [2.24, 2.45) is 0 Å².